The zero-order valence-corrected chi connectivity index (χ0v) is 11.2. The Morgan fingerprint density at radius 3 is 1.90 bits per heavy atom. The second-order valence-corrected chi connectivity index (χ2v) is 4.41. The lowest BCUT2D eigenvalue weighted by Gasteiger charge is -2.15. The van der Waals surface area contributed by atoms with Crippen LogP contribution in [0.25, 0.3) is 0 Å². The molecule has 3 N–H and O–H groups in total. The van der Waals surface area contributed by atoms with Crippen molar-refractivity contribution in [3.63, 3.8) is 0 Å². The number of hydrogen-bond donors (Lipinski definition) is 2. The number of ketones is 1. The van der Waals surface area contributed by atoms with Gasteiger partial charge in [-0.3, -0.25) is 14.4 Å². The van der Waals surface area contributed by atoms with Gasteiger partial charge in [0.15, 0.2) is 0 Å². The molecule has 2 amide bonds. The predicted octanol–water partition coefficient (Wildman–Crippen LogP) is 1.21. The van der Waals surface area contributed by atoms with E-state index in [-0.39, 0.29) is 5.56 Å². The SMILES string of the molecule is NC(=O)C(NC(=O)C(=O)c1ccccc1)c1ccccc1. The van der Waals surface area contributed by atoms with E-state index in [1.54, 1.807) is 48.5 Å². The number of Topliss-reactive ketones (excluding diaryl/α,β-unsaturated/α-hetero) is 1. The fraction of sp³-hybridized carbons (Fsp3) is 0.0625. The molecule has 2 aromatic carbocycles. The number of nitrogens with two attached hydrogens (primary N) is 1. The number of amides is 2. The van der Waals surface area contributed by atoms with Gasteiger partial charge in [0, 0.05) is 5.56 Å². The summed E-state index contributed by atoms with van der Waals surface area (Å²) in [6, 6.07) is 15.6. The first-order valence-electron chi connectivity index (χ1n) is 6.34. The largest absolute Gasteiger partial charge is 0.368 e. The topological polar surface area (TPSA) is 89.3 Å². The molecule has 1 atom stereocenters. The molecule has 0 bridgehead atoms. The van der Waals surface area contributed by atoms with E-state index in [2.05, 4.69) is 5.32 Å². The summed E-state index contributed by atoms with van der Waals surface area (Å²) in [6.45, 7) is 0. The van der Waals surface area contributed by atoms with Crippen molar-refractivity contribution in [1.82, 2.24) is 5.32 Å². The maximum absolute atomic E-state index is 12.0. The van der Waals surface area contributed by atoms with Crippen molar-refractivity contribution >= 4 is 17.6 Å². The van der Waals surface area contributed by atoms with Gasteiger partial charge < -0.3 is 11.1 Å². The van der Waals surface area contributed by atoms with Gasteiger partial charge in [0.1, 0.15) is 6.04 Å². The highest BCUT2D eigenvalue weighted by molar-refractivity contribution is 6.43. The lowest BCUT2D eigenvalue weighted by Crippen LogP contribution is -2.40. The summed E-state index contributed by atoms with van der Waals surface area (Å²) in [5, 5.41) is 2.37. The normalized spacial score (nSPS) is 11.4. The van der Waals surface area contributed by atoms with E-state index in [1.165, 1.54) is 12.1 Å². The molecule has 5 nitrogen and oxygen atoms in total. The van der Waals surface area contributed by atoms with E-state index in [0.717, 1.165) is 0 Å². The Balaban J connectivity index is 2.16. The Kier molecular flexibility index (Phi) is 4.46. The molecular weight excluding hydrogens is 268 g/mol. The monoisotopic (exact) mass is 282 g/mol. The predicted molar refractivity (Wildman–Crippen MR) is 77.3 cm³/mol. The highest BCUT2D eigenvalue weighted by Gasteiger charge is 2.24. The van der Waals surface area contributed by atoms with Crippen LogP contribution >= 0.6 is 0 Å². The molecule has 0 aliphatic rings. The van der Waals surface area contributed by atoms with E-state index in [1.807, 2.05) is 0 Å². The third-order valence-electron chi connectivity index (χ3n) is 2.94. The van der Waals surface area contributed by atoms with Crippen molar-refractivity contribution < 1.29 is 14.4 Å². The summed E-state index contributed by atoms with van der Waals surface area (Å²) in [5.74, 6) is -2.30. The van der Waals surface area contributed by atoms with Gasteiger partial charge >= 0.3 is 0 Å². The van der Waals surface area contributed by atoms with E-state index < -0.39 is 23.6 Å². The van der Waals surface area contributed by atoms with Crippen molar-refractivity contribution in [3.05, 3.63) is 71.8 Å². The van der Waals surface area contributed by atoms with Crippen LogP contribution in [-0.4, -0.2) is 17.6 Å². The first-order valence-corrected chi connectivity index (χ1v) is 6.34. The van der Waals surface area contributed by atoms with Crippen LogP contribution in [0.15, 0.2) is 60.7 Å². The molecule has 0 saturated carbocycles. The van der Waals surface area contributed by atoms with Crippen molar-refractivity contribution in [2.24, 2.45) is 5.73 Å². The van der Waals surface area contributed by atoms with Crippen LogP contribution in [0, 0.1) is 0 Å². The van der Waals surface area contributed by atoms with Gasteiger partial charge in [0.05, 0.1) is 0 Å². The zero-order valence-electron chi connectivity index (χ0n) is 11.2. The van der Waals surface area contributed by atoms with Gasteiger partial charge in [0.25, 0.3) is 5.91 Å². The van der Waals surface area contributed by atoms with E-state index in [0.29, 0.717) is 5.56 Å². The highest BCUT2D eigenvalue weighted by Crippen LogP contribution is 2.12. The molecule has 0 heterocycles. The lowest BCUT2D eigenvalue weighted by atomic mass is 10.1. The van der Waals surface area contributed by atoms with Gasteiger partial charge in [-0.25, -0.2) is 0 Å². The third-order valence-corrected chi connectivity index (χ3v) is 2.94. The van der Waals surface area contributed by atoms with Crippen molar-refractivity contribution in [3.8, 4) is 0 Å². The van der Waals surface area contributed by atoms with E-state index in [4.69, 9.17) is 5.73 Å². The Morgan fingerprint density at radius 2 is 1.38 bits per heavy atom. The number of hydrogen-bond acceptors (Lipinski definition) is 3. The van der Waals surface area contributed by atoms with Crippen LogP contribution in [0.2, 0.25) is 0 Å². The molecule has 0 aliphatic heterocycles. The molecule has 0 spiro atoms. The molecule has 0 saturated heterocycles. The number of carbonyl (C=O) groups excluding carboxylic acids is 3. The Morgan fingerprint density at radius 1 is 0.857 bits per heavy atom. The van der Waals surface area contributed by atoms with Gasteiger partial charge in [-0.2, -0.15) is 0 Å². The zero-order chi connectivity index (χ0) is 15.2. The summed E-state index contributed by atoms with van der Waals surface area (Å²) in [7, 11) is 0. The molecule has 21 heavy (non-hydrogen) atoms. The molecule has 1 unspecified atom stereocenters. The van der Waals surface area contributed by atoms with E-state index in [9.17, 15) is 14.4 Å². The van der Waals surface area contributed by atoms with Gasteiger partial charge in [0.2, 0.25) is 11.7 Å². The highest BCUT2D eigenvalue weighted by atomic mass is 16.2. The molecule has 0 aromatic heterocycles. The second kappa shape index (κ2) is 6.47. The number of primary amides is 1. The molecule has 0 aliphatic carbocycles. The van der Waals surface area contributed by atoms with Crippen LogP contribution in [0.1, 0.15) is 22.0 Å². The van der Waals surface area contributed by atoms with E-state index >= 15 is 0 Å². The van der Waals surface area contributed by atoms with Crippen LogP contribution in [0.4, 0.5) is 0 Å². The molecule has 2 rings (SSSR count). The maximum atomic E-state index is 12.0. The average molecular weight is 282 g/mol. The van der Waals surface area contributed by atoms with Gasteiger partial charge in [-0.05, 0) is 5.56 Å². The first kappa shape index (κ1) is 14.5. The quantitative estimate of drug-likeness (QED) is 0.638. The standard InChI is InChI=1S/C16H14N2O3/c17-15(20)13(11-7-3-1-4-8-11)18-16(21)14(19)12-9-5-2-6-10-12/h1-10,13H,(H2,17,20)(H,18,21). The van der Waals surface area contributed by atoms with Crippen molar-refractivity contribution in [1.29, 1.82) is 0 Å². The molecule has 2 aromatic rings. The van der Waals surface area contributed by atoms with Crippen molar-refractivity contribution in [2.75, 3.05) is 0 Å². The number of rotatable bonds is 5. The molecular formula is C16H14N2O3. The molecule has 106 valence electrons. The minimum Gasteiger partial charge on any atom is -0.368 e. The Hall–Kier alpha value is -2.95. The van der Waals surface area contributed by atoms with Crippen molar-refractivity contribution in [2.45, 2.75) is 6.04 Å². The number of benzene rings is 2. The minimum atomic E-state index is -1.04. The fourth-order valence-electron chi connectivity index (χ4n) is 1.88. The fourth-order valence-corrected chi connectivity index (χ4v) is 1.88. The minimum absolute atomic E-state index is 0.256. The number of nitrogens with one attached hydrogen (secondary N) is 1. The summed E-state index contributed by atoms with van der Waals surface area (Å²) in [4.78, 5) is 35.4. The molecule has 0 radical (unpaired) electrons. The van der Waals surface area contributed by atoms with Crippen LogP contribution in [0.3, 0.4) is 0 Å². The second-order valence-electron chi connectivity index (χ2n) is 4.41. The Bertz CT molecular complexity index is 654. The van der Waals surface area contributed by atoms with Gasteiger partial charge in [-0.1, -0.05) is 60.7 Å². The lowest BCUT2D eigenvalue weighted by molar-refractivity contribution is -0.125. The van der Waals surface area contributed by atoms with Crippen LogP contribution in [-0.2, 0) is 9.59 Å². The van der Waals surface area contributed by atoms with Crippen LogP contribution in [0.5, 0.6) is 0 Å². The van der Waals surface area contributed by atoms with Crippen LogP contribution < -0.4 is 11.1 Å². The summed E-state index contributed by atoms with van der Waals surface area (Å²) in [5.41, 5.74) is 6.07. The first-order chi connectivity index (χ1) is 10.1. The summed E-state index contributed by atoms with van der Waals surface area (Å²) >= 11 is 0. The summed E-state index contributed by atoms with van der Waals surface area (Å²) in [6.07, 6.45) is 0. The maximum Gasteiger partial charge on any atom is 0.293 e. The smallest absolute Gasteiger partial charge is 0.293 e. The molecule has 0 fully saturated rings. The molecule has 5 heteroatoms. The average Bonchev–Trinajstić information content (AvgIpc) is 2.53. The number of carbonyl (C=O) groups is 3. The summed E-state index contributed by atoms with van der Waals surface area (Å²) < 4.78 is 0. The van der Waals surface area contributed by atoms with Gasteiger partial charge in [-0.15, -0.1) is 0 Å². The Labute approximate surface area is 121 Å². The third kappa shape index (κ3) is 3.54.